The summed E-state index contributed by atoms with van der Waals surface area (Å²) < 4.78 is 27.8. The first kappa shape index (κ1) is 14.8. The largest absolute Gasteiger partial charge is 0.329 e. The molecular weight excluding hydrogens is 240 g/mol. The second-order valence-electron chi connectivity index (χ2n) is 4.35. The second-order valence-corrected chi connectivity index (χ2v) is 6.24. The van der Waals surface area contributed by atoms with Gasteiger partial charge in [0.15, 0.2) is 0 Å². The summed E-state index contributed by atoms with van der Waals surface area (Å²) in [5, 5.41) is 0. The first-order valence-corrected chi connectivity index (χ1v) is 7.52. The first-order valence-electron chi connectivity index (χ1n) is 6.12. The maximum absolute atomic E-state index is 12.4. The molecular formula is C10H24N4O2S. The third-order valence-corrected chi connectivity index (χ3v) is 5.47. The van der Waals surface area contributed by atoms with E-state index in [0.29, 0.717) is 32.7 Å². The Bertz CT molecular complexity index is 329. The molecule has 0 amide bonds. The van der Waals surface area contributed by atoms with Crippen LogP contribution in [0.1, 0.15) is 13.8 Å². The van der Waals surface area contributed by atoms with E-state index in [-0.39, 0.29) is 6.04 Å². The average molecular weight is 264 g/mol. The molecule has 0 aromatic carbocycles. The minimum atomic E-state index is -3.35. The fraction of sp³-hybridized carbons (Fsp3) is 1.00. The van der Waals surface area contributed by atoms with Crippen molar-refractivity contribution in [2.75, 3.05) is 46.3 Å². The molecule has 0 spiro atoms. The maximum Gasteiger partial charge on any atom is 0.282 e. The maximum atomic E-state index is 12.4. The Morgan fingerprint density at radius 3 is 2.35 bits per heavy atom. The SMILES string of the molecule is CCN(CC)S(=O)(=O)N1CCN(C)CC1CN. The van der Waals surface area contributed by atoms with Crippen LogP contribution in [0.15, 0.2) is 0 Å². The van der Waals surface area contributed by atoms with E-state index in [4.69, 9.17) is 5.73 Å². The highest BCUT2D eigenvalue weighted by Crippen LogP contribution is 2.16. The van der Waals surface area contributed by atoms with Crippen molar-refractivity contribution in [1.82, 2.24) is 13.5 Å². The van der Waals surface area contributed by atoms with Crippen LogP contribution in [0.5, 0.6) is 0 Å². The molecule has 0 aromatic heterocycles. The standard InChI is InChI=1S/C10H24N4O2S/c1-4-13(5-2)17(15,16)14-7-6-12(3)9-10(14)8-11/h10H,4-9,11H2,1-3H3. The highest BCUT2D eigenvalue weighted by atomic mass is 32.2. The summed E-state index contributed by atoms with van der Waals surface area (Å²) in [4.78, 5) is 2.12. The number of hydrogen-bond acceptors (Lipinski definition) is 4. The zero-order valence-electron chi connectivity index (χ0n) is 11.0. The van der Waals surface area contributed by atoms with Crippen molar-refractivity contribution in [3.8, 4) is 0 Å². The van der Waals surface area contributed by atoms with Gasteiger partial charge in [0.25, 0.3) is 10.2 Å². The highest BCUT2D eigenvalue weighted by Gasteiger charge is 2.36. The summed E-state index contributed by atoms with van der Waals surface area (Å²) in [6.07, 6.45) is 0. The smallest absolute Gasteiger partial charge is 0.282 e. The van der Waals surface area contributed by atoms with Gasteiger partial charge in [0.2, 0.25) is 0 Å². The summed E-state index contributed by atoms with van der Waals surface area (Å²) >= 11 is 0. The van der Waals surface area contributed by atoms with E-state index in [1.165, 1.54) is 4.31 Å². The minimum absolute atomic E-state index is 0.112. The molecule has 7 heteroatoms. The fourth-order valence-electron chi connectivity index (χ4n) is 2.19. The van der Waals surface area contributed by atoms with Crippen LogP contribution in [-0.4, -0.2) is 74.3 Å². The van der Waals surface area contributed by atoms with Crippen molar-refractivity contribution in [3.05, 3.63) is 0 Å². The molecule has 0 radical (unpaired) electrons. The molecule has 0 aliphatic carbocycles. The Morgan fingerprint density at radius 2 is 1.88 bits per heavy atom. The van der Waals surface area contributed by atoms with E-state index >= 15 is 0 Å². The van der Waals surface area contributed by atoms with Crippen LogP contribution in [0.2, 0.25) is 0 Å². The third-order valence-electron chi connectivity index (χ3n) is 3.23. The fourth-order valence-corrected chi connectivity index (χ4v) is 3.98. The van der Waals surface area contributed by atoms with Crippen molar-refractivity contribution in [2.24, 2.45) is 5.73 Å². The first-order chi connectivity index (χ1) is 7.97. The van der Waals surface area contributed by atoms with E-state index in [0.717, 1.165) is 6.54 Å². The van der Waals surface area contributed by atoms with Gasteiger partial charge < -0.3 is 10.6 Å². The predicted octanol–water partition coefficient (Wildman–Crippen LogP) is -0.852. The summed E-state index contributed by atoms with van der Waals surface area (Å²) in [7, 11) is -1.36. The lowest BCUT2D eigenvalue weighted by Crippen LogP contribution is -2.59. The Kier molecular flexibility index (Phi) is 5.33. The molecule has 1 heterocycles. The topological polar surface area (TPSA) is 69.9 Å². The summed E-state index contributed by atoms with van der Waals surface area (Å²) in [6.45, 7) is 7.07. The van der Waals surface area contributed by atoms with Crippen molar-refractivity contribution < 1.29 is 8.42 Å². The van der Waals surface area contributed by atoms with Gasteiger partial charge in [-0.15, -0.1) is 0 Å². The van der Waals surface area contributed by atoms with Gasteiger partial charge in [-0.2, -0.15) is 17.0 Å². The average Bonchev–Trinajstić information content (AvgIpc) is 2.29. The van der Waals surface area contributed by atoms with E-state index in [1.54, 1.807) is 4.31 Å². The van der Waals surface area contributed by atoms with Crippen LogP contribution >= 0.6 is 0 Å². The highest BCUT2D eigenvalue weighted by molar-refractivity contribution is 7.86. The summed E-state index contributed by atoms with van der Waals surface area (Å²) in [5.74, 6) is 0. The zero-order chi connectivity index (χ0) is 13.1. The van der Waals surface area contributed by atoms with Gasteiger partial charge in [0.1, 0.15) is 0 Å². The number of likely N-dealkylation sites (N-methyl/N-ethyl adjacent to an activating group) is 1. The number of nitrogens with two attached hydrogens (primary N) is 1. The van der Waals surface area contributed by atoms with Gasteiger partial charge in [-0.25, -0.2) is 0 Å². The third kappa shape index (κ3) is 3.17. The molecule has 1 unspecified atom stereocenters. The molecule has 0 aromatic rings. The van der Waals surface area contributed by atoms with E-state index in [1.807, 2.05) is 20.9 Å². The normalized spacial score (nSPS) is 24.4. The van der Waals surface area contributed by atoms with E-state index in [2.05, 4.69) is 4.90 Å². The Labute approximate surface area is 105 Å². The number of nitrogens with zero attached hydrogens (tertiary/aromatic N) is 3. The van der Waals surface area contributed by atoms with E-state index in [9.17, 15) is 8.42 Å². The van der Waals surface area contributed by atoms with Gasteiger partial charge in [0.05, 0.1) is 6.04 Å². The van der Waals surface area contributed by atoms with Crippen LogP contribution in [0, 0.1) is 0 Å². The lowest BCUT2D eigenvalue weighted by atomic mass is 10.2. The monoisotopic (exact) mass is 264 g/mol. The molecule has 1 saturated heterocycles. The molecule has 1 aliphatic rings. The molecule has 0 bridgehead atoms. The molecule has 1 rings (SSSR count). The van der Waals surface area contributed by atoms with Crippen molar-refractivity contribution >= 4 is 10.2 Å². The van der Waals surface area contributed by atoms with Crippen LogP contribution in [0.3, 0.4) is 0 Å². The van der Waals surface area contributed by atoms with Crippen molar-refractivity contribution in [1.29, 1.82) is 0 Å². The van der Waals surface area contributed by atoms with Crippen molar-refractivity contribution in [2.45, 2.75) is 19.9 Å². The zero-order valence-corrected chi connectivity index (χ0v) is 11.8. The number of hydrogen-bond donors (Lipinski definition) is 1. The van der Waals surface area contributed by atoms with Crippen LogP contribution < -0.4 is 5.73 Å². The van der Waals surface area contributed by atoms with Gasteiger partial charge in [-0.05, 0) is 7.05 Å². The van der Waals surface area contributed by atoms with Gasteiger partial charge in [0, 0.05) is 39.3 Å². The van der Waals surface area contributed by atoms with Crippen LogP contribution in [0.25, 0.3) is 0 Å². The van der Waals surface area contributed by atoms with Gasteiger partial charge >= 0.3 is 0 Å². The molecule has 1 fully saturated rings. The number of rotatable bonds is 5. The molecule has 0 saturated carbocycles. The Balaban J connectivity index is 2.89. The summed E-state index contributed by atoms with van der Waals surface area (Å²) in [6, 6.07) is -0.112. The Morgan fingerprint density at radius 1 is 1.29 bits per heavy atom. The lowest BCUT2D eigenvalue weighted by Gasteiger charge is -2.40. The molecule has 1 atom stereocenters. The number of piperazine rings is 1. The minimum Gasteiger partial charge on any atom is -0.329 e. The molecule has 6 nitrogen and oxygen atoms in total. The summed E-state index contributed by atoms with van der Waals surface area (Å²) in [5.41, 5.74) is 5.68. The molecule has 2 N–H and O–H groups in total. The predicted molar refractivity (Wildman–Crippen MR) is 68.9 cm³/mol. The molecule has 17 heavy (non-hydrogen) atoms. The lowest BCUT2D eigenvalue weighted by molar-refractivity contribution is 0.156. The van der Waals surface area contributed by atoms with Crippen LogP contribution in [-0.2, 0) is 10.2 Å². The molecule has 102 valence electrons. The van der Waals surface area contributed by atoms with Gasteiger partial charge in [-0.1, -0.05) is 13.8 Å². The quantitative estimate of drug-likeness (QED) is 0.702. The second kappa shape index (κ2) is 6.10. The molecule has 1 aliphatic heterocycles. The van der Waals surface area contributed by atoms with Crippen molar-refractivity contribution in [3.63, 3.8) is 0 Å². The van der Waals surface area contributed by atoms with Crippen LogP contribution in [0.4, 0.5) is 0 Å². The van der Waals surface area contributed by atoms with Gasteiger partial charge in [-0.3, -0.25) is 0 Å². The van der Waals surface area contributed by atoms with E-state index < -0.39 is 10.2 Å². The Hall–Kier alpha value is -0.210.